The van der Waals surface area contributed by atoms with Crippen LogP contribution in [-0.4, -0.2) is 84.8 Å². The van der Waals surface area contributed by atoms with Gasteiger partial charge in [0.2, 0.25) is 17.7 Å². The van der Waals surface area contributed by atoms with Crippen molar-refractivity contribution in [1.82, 2.24) is 20.0 Å². The van der Waals surface area contributed by atoms with E-state index in [1.54, 1.807) is 4.90 Å². The highest BCUT2D eigenvalue weighted by atomic mass is 16.2. The topological polar surface area (TPSA) is 73.0 Å². The van der Waals surface area contributed by atoms with Gasteiger partial charge < -0.3 is 15.1 Å². The molecule has 1 N–H and O–H groups in total. The quantitative estimate of drug-likeness (QED) is 0.796. The molecule has 2 fully saturated rings. The zero-order valence-electron chi connectivity index (χ0n) is 15.9. The molecule has 2 aliphatic heterocycles. The summed E-state index contributed by atoms with van der Waals surface area (Å²) in [4.78, 5) is 42.6. The normalized spacial score (nSPS) is 20.6. The molecule has 3 amide bonds. The Morgan fingerprint density at radius 3 is 2.30 bits per heavy atom. The summed E-state index contributed by atoms with van der Waals surface area (Å²) < 4.78 is 0. The molecule has 3 rings (SSSR count). The van der Waals surface area contributed by atoms with Crippen LogP contribution in [0.25, 0.3) is 0 Å². The lowest BCUT2D eigenvalue weighted by molar-refractivity contribution is -0.142. The van der Waals surface area contributed by atoms with Crippen molar-refractivity contribution in [3.63, 3.8) is 0 Å². The average molecular weight is 372 g/mol. The van der Waals surface area contributed by atoms with E-state index in [0.717, 1.165) is 24.9 Å². The number of carbonyl (C=O) groups is 3. The molecule has 7 nitrogen and oxygen atoms in total. The van der Waals surface area contributed by atoms with E-state index in [1.807, 2.05) is 42.3 Å². The van der Waals surface area contributed by atoms with E-state index >= 15 is 0 Å². The van der Waals surface area contributed by atoms with E-state index in [0.29, 0.717) is 26.2 Å². The van der Waals surface area contributed by atoms with Crippen LogP contribution in [0.2, 0.25) is 0 Å². The van der Waals surface area contributed by atoms with Crippen molar-refractivity contribution in [1.29, 1.82) is 0 Å². The lowest BCUT2D eigenvalue weighted by Gasteiger charge is -2.36. The molecule has 2 heterocycles. The average Bonchev–Trinajstić information content (AvgIpc) is 3.12. The Labute approximate surface area is 160 Å². The molecular formula is C20H28N4O3. The summed E-state index contributed by atoms with van der Waals surface area (Å²) in [6.07, 6.45) is 2.25. The second-order valence-electron chi connectivity index (χ2n) is 7.28. The number of hydrogen-bond acceptors (Lipinski definition) is 4. The van der Waals surface area contributed by atoms with E-state index in [-0.39, 0.29) is 36.7 Å². The number of hydrogen-bond donors (Lipinski definition) is 1. The lowest BCUT2D eigenvalue weighted by Crippen LogP contribution is -2.55. The summed E-state index contributed by atoms with van der Waals surface area (Å²) >= 11 is 0. The maximum absolute atomic E-state index is 12.6. The van der Waals surface area contributed by atoms with Crippen molar-refractivity contribution < 1.29 is 14.4 Å². The molecule has 2 aliphatic rings. The highest BCUT2D eigenvalue weighted by Crippen LogP contribution is 2.18. The number of likely N-dealkylation sites (N-methyl/N-ethyl adjacent to an activating group) is 1. The smallest absolute Gasteiger partial charge is 0.242 e. The van der Waals surface area contributed by atoms with Gasteiger partial charge >= 0.3 is 0 Å². The number of nitrogens with one attached hydrogen (secondary N) is 1. The van der Waals surface area contributed by atoms with Crippen molar-refractivity contribution in [3.8, 4) is 0 Å². The van der Waals surface area contributed by atoms with Gasteiger partial charge in [-0.1, -0.05) is 30.3 Å². The summed E-state index contributed by atoms with van der Waals surface area (Å²) in [5, 5.41) is 2.70. The third-order valence-corrected chi connectivity index (χ3v) is 5.39. The van der Waals surface area contributed by atoms with Crippen LogP contribution in [0.15, 0.2) is 30.3 Å². The number of piperazine rings is 1. The van der Waals surface area contributed by atoms with E-state index in [2.05, 4.69) is 10.2 Å². The Bertz CT molecular complexity index is 671. The van der Waals surface area contributed by atoms with Crippen molar-refractivity contribution in [3.05, 3.63) is 35.9 Å². The van der Waals surface area contributed by atoms with Crippen molar-refractivity contribution in [2.75, 3.05) is 46.3 Å². The Morgan fingerprint density at radius 2 is 1.67 bits per heavy atom. The summed E-state index contributed by atoms with van der Waals surface area (Å²) in [5.41, 5.74) is 0.923. The van der Waals surface area contributed by atoms with Crippen LogP contribution in [0.5, 0.6) is 0 Å². The zero-order chi connectivity index (χ0) is 19.2. The Balaban J connectivity index is 1.39. The second-order valence-corrected chi connectivity index (χ2v) is 7.28. The van der Waals surface area contributed by atoms with Crippen LogP contribution in [0.3, 0.4) is 0 Å². The van der Waals surface area contributed by atoms with E-state index < -0.39 is 0 Å². The van der Waals surface area contributed by atoms with Crippen LogP contribution in [0, 0.1) is 0 Å². The third-order valence-electron chi connectivity index (χ3n) is 5.39. The van der Waals surface area contributed by atoms with Crippen molar-refractivity contribution in [2.45, 2.75) is 25.3 Å². The molecule has 0 spiro atoms. The van der Waals surface area contributed by atoms with Crippen molar-refractivity contribution in [2.24, 2.45) is 0 Å². The fourth-order valence-electron chi connectivity index (χ4n) is 3.74. The molecule has 0 saturated carbocycles. The summed E-state index contributed by atoms with van der Waals surface area (Å²) in [5.74, 6) is -0.0765. The maximum Gasteiger partial charge on any atom is 0.242 e. The zero-order valence-corrected chi connectivity index (χ0v) is 15.9. The van der Waals surface area contributed by atoms with Crippen molar-refractivity contribution >= 4 is 17.7 Å². The highest BCUT2D eigenvalue weighted by molar-refractivity contribution is 5.86. The molecule has 1 atom stereocenters. The van der Waals surface area contributed by atoms with Crippen LogP contribution < -0.4 is 5.32 Å². The molecule has 1 aromatic rings. The summed E-state index contributed by atoms with van der Waals surface area (Å²) in [6, 6.07) is 9.44. The minimum atomic E-state index is -0.160. The van der Waals surface area contributed by atoms with E-state index in [9.17, 15) is 14.4 Å². The van der Waals surface area contributed by atoms with Gasteiger partial charge in [-0.15, -0.1) is 0 Å². The molecule has 1 aromatic carbocycles. The van der Waals surface area contributed by atoms with Gasteiger partial charge in [0, 0.05) is 26.2 Å². The first-order chi connectivity index (χ1) is 13.0. The van der Waals surface area contributed by atoms with Crippen LogP contribution >= 0.6 is 0 Å². The third kappa shape index (κ3) is 5.07. The highest BCUT2D eigenvalue weighted by Gasteiger charge is 2.33. The molecular weight excluding hydrogens is 344 g/mol. The van der Waals surface area contributed by atoms with Gasteiger partial charge in [-0.2, -0.15) is 0 Å². The fraction of sp³-hybridized carbons (Fsp3) is 0.550. The van der Waals surface area contributed by atoms with Gasteiger partial charge in [-0.25, -0.2) is 0 Å². The Morgan fingerprint density at radius 1 is 1.00 bits per heavy atom. The predicted molar refractivity (Wildman–Crippen MR) is 102 cm³/mol. The number of rotatable bonds is 5. The molecule has 0 radical (unpaired) electrons. The van der Waals surface area contributed by atoms with Gasteiger partial charge in [0.1, 0.15) is 0 Å². The standard InChI is InChI=1S/C20H28N4O3/c1-22-9-5-8-17(22)20(27)24-12-10-23(11-13-24)19(26)15-21-18(25)14-16-6-3-2-4-7-16/h2-4,6-7,17H,5,8-15H2,1H3,(H,21,25). The maximum atomic E-state index is 12.6. The molecule has 0 aromatic heterocycles. The first-order valence-electron chi connectivity index (χ1n) is 9.62. The molecule has 7 heteroatoms. The first kappa shape index (κ1) is 19.4. The molecule has 2 saturated heterocycles. The van der Waals surface area contributed by atoms with Gasteiger partial charge in [0.05, 0.1) is 19.0 Å². The molecule has 0 bridgehead atoms. The SMILES string of the molecule is CN1CCCC1C(=O)N1CCN(C(=O)CNC(=O)Cc2ccccc2)CC1. The fourth-order valence-corrected chi connectivity index (χ4v) is 3.74. The minimum absolute atomic E-state index is 0.00494. The molecule has 1 unspecified atom stereocenters. The van der Waals surface area contributed by atoms with Crippen LogP contribution in [0.4, 0.5) is 0 Å². The molecule has 0 aliphatic carbocycles. The largest absolute Gasteiger partial charge is 0.347 e. The van der Waals surface area contributed by atoms with Gasteiger partial charge in [0.25, 0.3) is 0 Å². The van der Waals surface area contributed by atoms with E-state index in [4.69, 9.17) is 0 Å². The number of amides is 3. The first-order valence-corrected chi connectivity index (χ1v) is 9.62. The summed E-state index contributed by atoms with van der Waals surface area (Å²) in [6.45, 7) is 3.15. The van der Waals surface area contributed by atoms with Gasteiger partial charge in [-0.05, 0) is 32.0 Å². The minimum Gasteiger partial charge on any atom is -0.347 e. The number of benzene rings is 1. The Hall–Kier alpha value is -2.41. The van der Waals surface area contributed by atoms with Crippen LogP contribution in [-0.2, 0) is 20.8 Å². The van der Waals surface area contributed by atoms with Gasteiger partial charge in [-0.3, -0.25) is 19.3 Å². The number of nitrogens with zero attached hydrogens (tertiary/aromatic N) is 3. The molecule has 27 heavy (non-hydrogen) atoms. The monoisotopic (exact) mass is 372 g/mol. The predicted octanol–water partition coefficient (Wildman–Crippen LogP) is 0.110. The van der Waals surface area contributed by atoms with E-state index in [1.165, 1.54) is 0 Å². The van der Waals surface area contributed by atoms with Gasteiger partial charge in [0.15, 0.2) is 0 Å². The number of carbonyl (C=O) groups excluding carboxylic acids is 3. The summed E-state index contributed by atoms with van der Waals surface area (Å²) in [7, 11) is 1.99. The number of likely N-dealkylation sites (tertiary alicyclic amines) is 1. The lowest BCUT2D eigenvalue weighted by atomic mass is 10.1. The van der Waals surface area contributed by atoms with Crippen LogP contribution in [0.1, 0.15) is 18.4 Å². The Kier molecular flexibility index (Phi) is 6.45. The second kappa shape index (κ2) is 8.99. The molecule has 146 valence electrons.